The van der Waals surface area contributed by atoms with Crippen LogP contribution in [0, 0.1) is 0 Å². The average molecular weight is 881 g/mol. The summed E-state index contributed by atoms with van der Waals surface area (Å²) in [6.45, 7) is 6.47. The van der Waals surface area contributed by atoms with Gasteiger partial charge in [-0.05, 0) is 96.3 Å². The van der Waals surface area contributed by atoms with Crippen LogP contribution in [0.4, 0.5) is 0 Å². The Labute approximate surface area is 390 Å². The molecule has 0 aromatic heterocycles. The number of carbonyl (C=O) groups is 3. The van der Waals surface area contributed by atoms with Crippen molar-refractivity contribution >= 4 is 17.9 Å². The fourth-order valence-corrected chi connectivity index (χ4v) is 7.46. The Kier molecular flexibility index (Phi) is 49.4. The molecule has 0 saturated carbocycles. The zero-order chi connectivity index (χ0) is 45.8. The van der Waals surface area contributed by atoms with Crippen molar-refractivity contribution in [2.45, 2.75) is 271 Å². The molecule has 0 spiro atoms. The van der Waals surface area contributed by atoms with E-state index >= 15 is 0 Å². The zero-order valence-electron chi connectivity index (χ0n) is 41.6. The van der Waals surface area contributed by atoms with Crippen molar-refractivity contribution in [3.05, 3.63) is 60.8 Å². The highest BCUT2D eigenvalue weighted by molar-refractivity contribution is 5.71. The smallest absolute Gasteiger partial charge is 0.306 e. The molecule has 0 aromatic rings. The summed E-state index contributed by atoms with van der Waals surface area (Å²) in [5, 5.41) is 0. The van der Waals surface area contributed by atoms with E-state index in [1.165, 1.54) is 148 Å². The topological polar surface area (TPSA) is 78.9 Å². The molecule has 0 fully saturated rings. The highest BCUT2D eigenvalue weighted by Crippen LogP contribution is 2.15. The van der Waals surface area contributed by atoms with Crippen LogP contribution in [0.5, 0.6) is 0 Å². The van der Waals surface area contributed by atoms with Crippen LogP contribution in [0.1, 0.15) is 265 Å². The van der Waals surface area contributed by atoms with Crippen LogP contribution in [0.25, 0.3) is 0 Å². The minimum atomic E-state index is -0.788. The molecule has 0 N–H and O–H groups in total. The molecule has 0 aliphatic carbocycles. The third-order valence-electron chi connectivity index (χ3n) is 11.5. The van der Waals surface area contributed by atoms with Crippen LogP contribution < -0.4 is 0 Å². The van der Waals surface area contributed by atoms with Crippen LogP contribution in [0.2, 0.25) is 0 Å². The van der Waals surface area contributed by atoms with Crippen molar-refractivity contribution in [2.24, 2.45) is 0 Å². The lowest BCUT2D eigenvalue weighted by Gasteiger charge is -2.18. The van der Waals surface area contributed by atoms with E-state index in [4.69, 9.17) is 14.2 Å². The summed E-state index contributed by atoms with van der Waals surface area (Å²) in [4.78, 5) is 37.9. The number of hydrogen-bond acceptors (Lipinski definition) is 6. The van der Waals surface area contributed by atoms with E-state index in [1.807, 2.05) is 0 Å². The van der Waals surface area contributed by atoms with Crippen LogP contribution >= 0.6 is 0 Å². The molecule has 0 bridgehead atoms. The number of allylic oxidation sites excluding steroid dienone is 10. The average Bonchev–Trinajstić information content (AvgIpc) is 3.28. The highest BCUT2D eigenvalue weighted by atomic mass is 16.6. The van der Waals surface area contributed by atoms with E-state index < -0.39 is 6.10 Å². The molecular weight excluding hydrogens is 781 g/mol. The molecule has 0 aliphatic rings. The van der Waals surface area contributed by atoms with Gasteiger partial charge in [0.2, 0.25) is 0 Å². The van der Waals surface area contributed by atoms with Crippen LogP contribution in [-0.2, 0) is 28.6 Å². The Morgan fingerprint density at radius 2 is 0.635 bits per heavy atom. The first-order valence-corrected chi connectivity index (χ1v) is 26.8. The van der Waals surface area contributed by atoms with Crippen molar-refractivity contribution in [2.75, 3.05) is 13.2 Å². The summed E-state index contributed by atoms with van der Waals surface area (Å²) < 4.78 is 16.8. The molecule has 63 heavy (non-hydrogen) atoms. The Morgan fingerprint density at radius 3 is 1.06 bits per heavy atom. The molecule has 0 amide bonds. The van der Waals surface area contributed by atoms with E-state index in [1.54, 1.807) is 0 Å². The van der Waals surface area contributed by atoms with Gasteiger partial charge in [0.15, 0.2) is 6.10 Å². The summed E-state index contributed by atoms with van der Waals surface area (Å²) in [6.07, 6.45) is 63.6. The van der Waals surface area contributed by atoms with Gasteiger partial charge in [0.25, 0.3) is 0 Å². The fraction of sp³-hybridized carbons (Fsp3) is 0.772. The zero-order valence-corrected chi connectivity index (χ0v) is 41.6. The van der Waals surface area contributed by atoms with Gasteiger partial charge in [-0.1, -0.05) is 210 Å². The summed E-state index contributed by atoms with van der Waals surface area (Å²) in [6, 6.07) is 0. The minimum absolute atomic E-state index is 0.0867. The third-order valence-corrected chi connectivity index (χ3v) is 11.5. The van der Waals surface area contributed by atoms with Gasteiger partial charge < -0.3 is 14.2 Å². The van der Waals surface area contributed by atoms with Crippen molar-refractivity contribution in [1.29, 1.82) is 0 Å². The normalized spacial score (nSPS) is 12.5. The van der Waals surface area contributed by atoms with Crippen molar-refractivity contribution < 1.29 is 28.6 Å². The number of rotatable bonds is 48. The van der Waals surface area contributed by atoms with Gasteiger partial charge in [-0.3, -0.25) is 14.4 Å². The molecule has 0 radical (unpaired) electrons. The van der Waals surface area contributed by atoms with Crippen LogP contribution in [-0.4, -0.2) is 37.2 Å². The lowest BCUT2D eigenvalue weighted by molar-refractivity contribution is -0.167. The molecular formula is C57H100O6. The molecule has 1 unspecified atom stereocenters. The lowest BCUT2D eigenvalue weighted by Crippen LogP contribution is -2.30. The van der Waals surface area contributed by atoms with E-state index in [0.717, 1.165) is 70.6 Å². The third kappa shape index (κ3) is 50.0. The van der Waals surface area contributed by atoms with Crippen LogP contribution in [0.15, 0.2) is 60.8 Å². The maximum Gasteiger partial charge on any atom is 0.306 e. The second-order valence-electron chi connectivity index (χ2n) is 17.7. The molecule has 0 aliphatic heterocycles. The monoisotopic (exact) mass is 881 g/mol. The SMILES string of the molecule is CC/C=C\C/C=C\C/C=C\CCCCCCCCCCCC(=O)OCC(COC(=O)CCC/C=C\CCCCCC)OC(=O)CCCCCCCCC/C=C\CCCCCCCC. The second-order valence-corrected chi connectivity index (χ2v) is 17.7. The molecule has 0 saturated heterocycles. The van der Waals surface area contributed by atoms with Crippen molar-refractivity contribution in [1.82, 2.24) is 0 Å². The van der Waals surface area contributed by atoms with Crippen molar-refractivity contribution in [3.63, 3.8) is 0 Å². The van der Waals surface area contributed by atoms with Gasteiger partial charge in [-0.2, -0.15) is 0 Å². The number of hydrogen-bond donors (Lipinski definition) is 0. The highest BCUT2D eigenvalue weighted by Gasteiger charge is 2.19. The summed E-state index contributed by atoms with van der Waals surface area (Å²) in [7, 11) is 0. The number of carbonyl (C=O) groups excluding carboxylic acids is 3. The van der Waals surface area contributed by atoms with Gasteiger partial charge in [0.05, 0.1) is 0 Å². The van der Waals surface area contributed by atoms with Crippen LogP contribution in [0.3, 0.4) is 0 Å². The van der Waals surface area contributed by atoms with Crippen molar-refractivity contribution in [3.8, 4) is 0 Å². The van der Waals surface area contributed by atoms with Gasteiger partial charge in [0, 0.05) is 19.3 Å². The Balaban J connectivity index is 4.31. The van der Waals surface area contributed by atoms with E-state index in [0.29, 0.717) is 25.7 Å². The predicted octanol–water partition coefficient (Wildman–Crippen LogP) is 17.6. The first-order chi connectivity index (χ1) is 31.0. The quantitative estimate of drug-likeness (QED) is 0.0262. The maximum absolute atomic E-state index is 12.8. The van der Waals surface area contributed by atoms with Gasteiger partial charge in [-0.15, -0.1) is 0 Å². The molecule has 0 rings (SSSR count). The maximum atomic E-state index is 12.8. The Morgan fingerprint density at radius 1 is 0.333 bits per heavy atom. The molecule has 6 heteroatoms. The predicted molar refractivity (Wildman–Crippen MR) is 270 cm³/mol. The standard InChI is InChI=1S/C57H100O6/c1-4-7-10-13-16-19-21-23-25-27-28-30-31-33-35-38-41-44-47-50-56(59)62-53-54(52-61-55(58)49-46-43-40-37-18-15-12-9-6-3)63-57(60)51-48-45-42-39-36-34-32-29-26-24-22-20-17-14-11-8-5-2/h7,10,16,19,23-26,37,40,54H,4-6,8-9,11-15,17-18,20-22,27-36,38-39,41-53H2,1-3H3/b10-7-,19-16-,25-23-,26-24-,40-37-. The molecule has 364 valence electrons. The fourth-order valence-electron chi connectivity index (χ4n) is 7.46. The van der Waals surface area contributed by atoms with E-state index in [-0.39, 0.29) is 31.1 Å². The Bertz CT molecular complexity index is 1150. The van der Waals surface area contributed by atoms with Gasteiger partial charge in [-0.25, -0.2) is 0 Å². The molecule has 1 atom stereocenters. The summed E-state index contributed by atoms with van der Waals surface area (Å²) >= 11 is 0. The molecule has 0 heterocycles. The van der Waals surface area contributed by atoms with E-state index in [9.17, 15) is 14.4 Å². The second kappa shape index (κ2) is 51.7. The minimum Gasteiger partial charge on any atom is -0.462 e. The lowest BCUT2D eigenvalue weighted by atomic mass is 10.1. The number of esters is 3. The largest absolute Gasteiger partial charge is 0.462 e. The van der Waals surface area contributed by atoms with E-state index in [2.05, 4.69) is 81.5 Å². The summed E-state index contributed by atoms with van der Waals surface area (Å²) in [5.41, 5.74) is 0. The number of ether oxygens (including phenoxy) is 3. The Hall–Kier alpha value is -2.89. The van der Waals surface area contributed by atoms with Gasteiger partial charge in [0.1, 0.15) is 13.2 Å². The summed E-state index contributed by atoms with van der Waals surface area (Å²) in [5.74, 6) is -0.928. The molecule has 6 nitrogen and oxygen atoms in total. The van der Waals surface area contributed by atoms with Gasteiger partial charge >= 0.3 is 17.9 Å². The molecule has 0 aromatic carbocycles. The first kappa shape index (κ1) is 60.1. The number of unbranched alkanes of at least 4 members (excludes halogenated alkanes) is 27. The first-order valence-electron chi connectivity index (χ1n) is 26.8.